The van der Waals surface area contributed by atoms with Gasteiger partial charge in [0.25, 0.3) is 5.91 Å². The van der Waals surface area contributed by atoms with Crippen molar-refractivity contribution in [2.45, 2.75) is 17.9 Å². The van der Waals surface area contributed by atoms with Crippen molar-refractivity contribution in [2.75, 3.05) is 13.7 Å². The smallest absolute Gasteiger partial charge is 0.442 e. The molecule has 0 saturated carbocycles. The summed E-state index contributed by atoms with van der Waals surface area (Å²) in [6, 6.07) is 3.55. The van der Waals surface area contributed by atoms with E-state index in [1.807, 2.05) is 0 Å². The molecule has 1 aromatic rings. The third-order valence-corrected chi connectivity index (χ3v) is 3.27. The summed E-state index contributed by atoms with van der Waals surface area (Å²) >= 11 is 0. The van der Waals surface area contributed by atoms with Crippen LogP contribution in [-0.2, 0) is 15.2 Å². The van der Waals surface area contributed by atoms with E-state index in [0.29, 0.717) is 0 Å². The number of ether oxygens (including phenoxy) is 1. The van der Waals surface area contributed by atoms with Gasteiger partial charge in [-0.25, -0.2) is 4.79 Å². The number of halogens is 3. The van der Waals surface area contributed by atoms with Crippen LogP contribution in [0.25, 0.3) is 0 Å². The Bertz CT molecular complexity index is 637. The lowest BCUT2D eigenvalue weighted by Gasteiger charge is -2.16. The summed E-state index contributed by atoms with van der Waals surface area (Å²) in [6.45, 7) is -0.175. The number of alkyl halides is 3. The molecule has 1 aliphatic heterocycles. The molecule has 7 nitrogen and oxygen atoms in total. The Morgan fingerprint density at radius 3 is 2.26 bits per heavy atom. The van der Waals surface area contributed by atoms with Crippen LogP contribution in [0.4, 0.5) is 13.2 Å². The lowest BCUT2D eigenvalue weighted by atomic mass is 10.0. The molecule has 0 fully saturated rings. The second-order valence-electron chi connectivity index (χ2n) is 4.73. The topological polar surface area (TPSA) is 106 Å². The second kappa shape index (κ2) is 5.95. The number of amides is 1. The molecule has 0 aliphatic carbocycles. The third kappa shape index (κ3) is 3.16. The third-order valence-electron chi connectivity index (χ3n) is 3.27. The number of nitrogens with two attached hydrogens (primary N) is 1. The van der Waals surface area contributed by atoms with Crippen LogP contribution in [0.1, 0.15) is 15.9 Å². The second-order valence-corrected chi connectivity index (χ2v) is 4.73. The molecule has 10 heteroatoms. The number of hydrogen-bond donors (Lipinski definition) is 2. The largest absolute Gasteiger partial charge is 0.467 e. The lowest BCUT2D eigenvalue weighted by molar-refractivity contribution is -0.166. The molecule has 1 heterocycles. The first-order valence-electron chi connectivity index (χ1n) is 6.45. The van der Waals surface area contributed by atoms with Crippen molar-refractivity contribution >= 4 is 11.9 Å². The molecular weight excluding hydrogens is 317 g/mol. The van der Waals surface area contributed by atoms with Gasteiger partial charge in [0.2, 0.25) is 0 Å². The maximum absolute atomic E-state index is 12.9. The summed E-state index contributed by atoms with van der Waals surface area (Å²) in [5.41, 5.74) is 2.69. The fourth-order valence-electron chi connectivity index (χ4n) is 1.89. The highest BCUT2D eigenvalue weighted by molar-refractivity contribution is 5.96. The Hall–Kier alpha value is -2.49. The Balaban J connectivity index is 2.11. The van der Waals surface area contributed by atoms with Gasteiger partial charge in [-0.3, -0.25) is 4.79 Å². The molecule has 124 valence electrons. The quantitative estimate of drug-likeness (QED) is 0.788. The summed E-state index contributed by atoms with van der Waals surface area (Å²) in [5.74, 6) is -1.38. The maximum Gasteiger partial charge on any atom is 0.442 e. The molecule has 0 spiro atoms. The predicted molar refractivity (Wildman–Crippen MR) is 71.4 cm³/mol. The molecule has 2 rings (SSSR count). The zero-order valence-electron chi connectivity index (χ0n) is 11.9. The summed E-state index contributed by atoms with van der Waals surface area (Å²) in [7, 11) is 1.14. The van der Waals surface area contributed by atoms with Crippen molar-refractivity contribution in [3.8, 4) is 0 Å². The molecule has 1 atom stereocenters. The van der Waals surface area contributed by atoms with Crippen LogP contribution in [0.15, 0.2) is 34.5 Å². The Labute approximate surface area is 128 Å². The molecule has 1 aromatic carbocycles. The number of benzene rings is 1. The van der Waals surface area contributed by atoms with Gasteiger partial charge in [-0.2, -0.15) is 13.2 Å². The number of carbonyl (C=O) groups excluding carboxylic acids is 2. The number of nitrogens with one attached hydrogen (secondary N) is 1. The fourth-order valence-corrected chi connectivity index (χ4v) is 1.89. The van der Waals surface area contributed by atoms with Crippen LogP contribution in [-0.4, -0.2) is 37.7 Å². The van der Waals surface area contributed by atoms with Crippen molar-refractivity contribution in [1.82, 2.24) is 5.32 Å². The van der Waals surface area contributed by atoms with Crippen LogP contribution in [0.5, 0.6) is 0 Å². The average molecular weight is 330 g/mol. The van der Waals surface area contributed by atoms with Gasteiger partial charge in [0.05, 0.1) is 7.11 Å². The fraction of sp³-hybridized carbons (Fsp3) is 0.385. The lowest BCUT2D eigenvalue weighted by Crippen LogP contribution is -2.46. The molecule has 23 heavy (non-hydrogen) atoms. The molecule has 1 amide bonds. The van der Waals surface area contributed by atoms with E-state index in [1.54, 1.807) is 0 Å². The van der Waals surface area contributed by atoms with Gasteiger partial charge in [-0.1, -0.05) is 12.1 Å². The van der Waals surface area contributed by atoms with Crippen molar-refractivity contribution in [2.24, 2.45) is 16.0 Å². The number of rotatable bonds is 5. The molecule has 0 aromatic heterocycles. The van der Waals surface area contributed by atoms with Crippen LogP contribution < -0.4 is 11.1 Å². The zero-order chi connectivity index (χ0) is 17.3. The molecule has 3 N–H and O–H groups in total. The van der Waals surface area contributed by atoms with Crippen LogP contribution in [0, 0.1) is 0 Å². The van der Waals surface area contributed by atoms with Crippen molar-refractivity contribution in [1.29, 1.82) is 0 Å². The molecule has 0 radical (unpaired) electrons. The highest BCUT2D eigenvalue weighted by Gasteiger charge is 2.65. The van der Waals surface area contributed by atoms with Gasteiger partial charge in [-0.05, 0) is 12.1 Å². The minimum atomic E-state index is -4.63. The minimum Gasteiger partial charge on any atom is -0.467 e. The first kappa shape index (κ1) is 16.9. The Morgan fingerprint density at radius 1 is 1.30 bits per heavy atom. The van der Waals surface area contributed by atoms with Gasteiger partial charge in [-0.15, -0.1) is 10.2 Å². The summed E-state index contributed by atoms with van der Waals surface area (Å²) < 4.78 is 43.0. The van der Waals surface area contributed by atoms with Gasteiger partial charge in [0.1, 0.15) is 6.04 Å². The van der Waals surface area contributed by atoms with E-state index in [4.69, 9.17) is 5.73 Å². The first-order chi connectivity index (χ1) is 10.7. The Morgan fingerprint density at radius 2 is 1.87 bits per heavy atom. The van der Waals surface area contributed by atoms with E-state index in [1.165, 1.54) is 12.1 Å². The van der Waals surface area contributed by atoms with Gasteiger partial charge in [0, 0.05) is 17.7 Å². The van der Waals surface area contributed by atoms with E-state index in [2.05, 4.69) is 20.3 Å². The summed E-state index contributed by atoms with van der Waals surface area (Å²) in [5, 5.41) is 8.47. The average Bonchev–Trinajstić information content (AvgIpc) is 3.33. The van der Waals surface area contributed by atoms with E-state index < -0.39 is 29.8 Å². The molecular formula is C13H13F3N4O3. The molecule has 0 saturated heterocycles. The Kier molecular flexibility index (Phi) is 4.37. The number of esters is 1. The van der Waals surface area contributed by atoms with E-state index in [0.717, 1.165) is 19.2 Å². The molecule has 0 bridgehead atoms. The zero-order valence-corrected chi connectivity index (χ0v) is 11.9. The molecule has 1 aliphatic rings. The van der Waals surface area contributed by atoms with Crippen molar-refractivity contribution in [3.05, 3.63) is 35.4 Å². The highest BCUT2D eigenvalue weighted by atomic mass is 19.4. The van der Waals surface area contributed by atoms with Gasteiger partial charge in [0.15, 0.2) is 0 Å². The van der Waals surface area contributed by atoms with Gasteiger partial charge < -0.3 is 15.8 Å². The predicted octanol–water partition coefficient (Wildman–Crippen LogP) is 1.10. The van der Waals surface area contributed by atoms with E-state index in [-0.39, 0.29) is 17.7 Å². The number of carbonyl (C=O) groups is 2. The van der Waals surface area contributed by atoms with Gasteiger partial charge >= 0.3 is 17.8 Å². The van der Waals surface area contributed by atoms with E-state index in [9.17, 15) is 22.8 Å². The van der Waals surface area contributed by atoms with E-state index >= 15 is 0 Å². The first-order valence-corrected chi connectivity index (χ1v) is 6.45. The van der Waals surface area contributed by atoms with Crippen molar-refractivity contribution in [3.63, 3.8) is 0 Å². The summed E-state index contributed by atoms with van der Waals surface area (Å²) in [6.07, 6.45) is -4.63. The number of methoxy groups -OCH3 is 1. The standard InChI is InChI=1S/C13H13F3N4O3/c1-23-11(22)9(6-17)18-10(21)7-2-4-8(5-3-7)12(19-20-12)13(14,15)16/h2-5,9H,6,17H2,1H3,(H,18,21)/t9-/m1/s1. The SMILES string of the molecule is COC(=O)[C@@H](CN)NC(=O)c1ccc(C2(C(F)(F)F)N=N2)cc1. The maximum atomic E-state index is 12.9. The number of nitrogens with zero attached hydrogens (tertiary/aromatic N) is 2. The minimum absolute atomic E-state index is 0.0640. The number of hydrogen-bond acceptors (Lipinski definition) is 6. The van der Waals surface area contributed by atoms with Crippen LogP contribution >= 0.6 is 0 Å². The monoisotopic (exact) mass is 330 g/mol. The highest BCUT2D eigenvalue weighted by Crippen LogP contribution is 2.52. The molecule has 0 unspecified atom stereocenters. The summed E-state index contributed by atoms with van der Waals surface area (Å²) in [4.78, 5) is 23.3. The normalized spacial score (nSPS) is 16.6. The van der Waals surface area contributed by atoms with Crippen LogP contribution in [0.2, 0.25) is 0 Å². The van der Waals surface area contributed by atoms with Crippen LogP contribution in [0.3, 0.4) is 0 Å². The van der Waals surface area contributed by atoms with Crippen molar-refractivity contribution < 1.29 is 27.5 Å².